The van der Waals surface area contributed by atoms with Crippen LogP contribution in [0.5, 0.6) is 0 Å². The molecule has 0 saturated heterocycles. The van der Waals surface area contributed by atoms with Gasteiger partial charge in [0.15, 0.2) is 0 Å². The van der Waals surface area contributed by atoms with Crippen LogP contribution >= 0.6 is 0 Å². The van der Waals surface area contributed by atoms with Crippen LogP contribution in [0.2, 0.25) is 0 Å². The van der Waals surface area contributed by atoms with Crippen molar-refractivity contribution in [2.45, 2.75) is 19.4 Å². The molecule has 0 aromatic heterocycles. The molecule has 0 aliphatic rings. The summed E-state index contributed by atoms with van der Waals surface area (Å²) in [7, 11) is 3.95. The molecule has 0 rings (SSSR count). The van der Waals surface area contributed by atoms with Gasteiger partial charge in [0.1, 0.15) is 0 Å². The number of nitrogens with one attached hydrogen (secondary N) is 1. The van der Waals surface area contributed by atoms with Gasteiger partial charge in [-0.15, -0.1) is 0 Å². The zero-order chi connectivity index (χ0) is 8.91. The Morgan fingerprint density at radius 2 is 2.00 bits per heavy atom. The quantitative estimate of drug-likeness (QED) is 0.590. The molecule has 0 amide bonds. The minimum absolute atomic E-state index is 0.100. The highest BCUT2D eigenvalue weighted by molar-refractivity contribution is 4.77. The molecule has 0 aromatic carbocycles. The lowest BCUT2D eigenvalue weighted by molar-refractivity contribution is 0.0803. The second kappa shape index (κ2) is 4.70. The molecule has 3 nitrogen and oxygen atoms in total. The Hall–Kier alpha value is -0.120. The van der Waals surface area contributed by atoms with Gasteiger partial charge in [0, 0.05) is 18.6 Å². The van der Waals surface area contributed by atoms with Gasteiger partial charge in [-0.3, -0.25) is 4.90 Å². The third-order valence-corrected chi connectivity index (χ3v) is 2.12. The minimum Gasteiger partial charge on any atom is -0.394 e. The number of hydrogen-bond donors (Lipinski definition) is 2. The van der Waals surface area contributed by atoms with Crippen molar-refractivity contribution in [2.24, 2.45) is 0 Å². The lowest BCUT2D eigenvalue weighted by atomic mass is 10.1. The lowest BCUT2D eigenvalue weighted by Crippen LogP contribution is -2.46. The summed E-state index contributed by atoms with van der Waals surface area (Å²) in [5, 5.41) is 12.1. The second-order valence-corrected chi connectivity index (χ2v) is 3.50. The first-order valence-electron chi connectivity index (χ1n) is 4.01. The number of nitrogens with zero attached hydrogens (tertiary/aromatic N) is 1. The molecule has 0 aromatic rings. The highest BCUT2D eigenvalue weighted by Crippen LogP contribution is 2.09. The second-order valence-electron chi connectivity index (χ2n) is 3.50. The Morgan fingerprint density at radius 1 is 1.45 bits per heavy atom. The lowest BCUT2D eigenvalue weighted by Gasteiger charge is -2.33. The number of aliphatic hydroxyl groups excluding tert-OH is 1. The predicted molar refractivity (Wildman–Crippen MR) is 47.7 cm³/mol. The molecule has 2 N–H and O–H groups in total. The summed E-state index contributed by atoms with van der Waals surface area (Å²) >= 11 is 0. The maximum absolute atomic E-state index is 9.00. The molecule has 68 valence electrons. The van der Waals surface area contributed by atoms with E-state index in [0.29, 0.717) is 0 Å². The number of likely N-dealkylation sites (N-methyl/N-ethyl adjacent to an activating group) is 2. The maximum Gasteiger partial charge on any atom is 0.0609 e. The summed E-state index contributed by atoms with van der Waals surface area (Å²) < 4.78 is 0. The molecular formula is C8H20N2O. The van der Waals surface area contributed by atoms with Crippen LogP contribution < -0.4 is 5.32 Å². The number of rotatable bonds is 5. The smallest absolute Gasteiger partial charge is 0.0609 e. The molecule has 3 heteroatoms. The van der Waals surface area contributed by atoms with Crippen molar-refractivity contribution in [1.82, 2.24) is 10.2 Å². The third-order valence-electron chi connectivity index (χ3n) is 2.12. The van der Waals surface area contributed by atoms with Crippen LogP contribution in [0.1, 0.15) is 13.8 Å². The highest BCUT2D eigenvalue weighted by Gasteiger charge is 2.21. The van der Waals surface area contributed by atoms with E-state index >= 15 is 0 Å². The number of hydrogen-bond acceptors (Lipinski definition) is 3. The van der Waals surface area contributed by atoms with Crippen LogP contribution in [0.4, 0.5) is 0 Å². The average molecular weight is 160 g/mol. The van der Waals surface area contributed by atoms with Crippen molar-refractivity contribution < 1.29 is 5.11 Å². The predicted octanol–water partition coefficient (Wildman–Crippen LogP) is -0.0915. The van der Waals surface area contributed by atoms with Gasteiger partial charge in [0.25, 0.3) is 0 Å². The molecular weight excluding hydrogens is 140 g/mol. The van der Waals surface area contributed by atoms with E-state index in [1.54, 1.807) is 0 Å². The summed E-state index contributed by atoms with van der Waals surface area (Å²) in [5.41, 5.74) is -0.100. The monoisotopic (exact) mass is 160 g/mol. The summed E-state index contributed by atoms with van der Waals surface area (Å²) in [6, 6.07) is 0. The number of aliphatic hydroxyl groups is 1. The summed E-state index contributed by atoms with van der Waals surface area (Å²) in [5.74, 6) is 0. The van der Waals surface area contributed by atoms with E-state index in [9.17, 15) is 0 Å². The van der Waals surface area contributed by atoms with Crippen molar-refractivity contribution >= 4 is 0 Å². The van der Waals surface area contributed by atoms with E-state index < -0.39 is 0 Å². The van der Waals surface area contributed by atoms with Crippen molar-refractivity contribution in [3.05, 3.63) is 0 Å². The topological polar surface area (TPSA) is 35.5 Å². The van der Waals surface area contributed by atoms with Crippen LogP contribution in [0.15, 0.2) is 0 Å². The van der Waals surface area contributed by atoms with Crippen molar-refractivity contribution in [3.63, 3.8) is 0 Å². The molecule has 0 spiro atoms. The van der Waals surface area contributed by atoms with Gasteiger partial charge in [-0.05, 0) is 27.9 Å². The Labute approximate surface area is 69.4 Å². The fourth-order valence-electron chi connectivity index (χ4n) is 0.703. The van der Waals surface area contributed by atoms with Crippen molar-refractivity contribution in [2.75, 3.05) is 33.8 Å². The molecule has 11 heavy (non-hydrogen) atoms. The van der Waals surface area contributed by atoms with E-state index in [2.05, 4.69) is 10.2 Å². The first kappa shape index (κ1) is 10.9. The first-order valence-corrected chi connectivity index (χ1v) is 4.01. The average Bonchev–Trinajstić information content (AvgIpc) is 2.00. The van der Waals surface area contributed by atoms with Crippen LogP contribution in [-0.4, -0.2) is 49.3 Å². The fourth-order valence-corrected chi connectivity index (χ4v) is 0.703. The molecule has 0 unspecified atom stereocenters. The van der Waals surface area contributed by atoms with Crippen molar-refractivity contribution in [1.29, 1.82) is 0 Å². The van der Waals surface area contributed by atoms with Gasteiger partial charge in [0.05, 0.1) is 6.61 Å². The van der Waals surface area contributed by atoms with Gasteiger partial charge in [-0.2, -0.15) is 0 Å². The van der Waals surface area contributed by atoms with E-state index in [0.717, 1.165) is 13.1 Å². The van der Waals surface area contributed by atoms with E-state index in [-0.39, 0.29) is 12.1 Å². The maximum atomic E-state index is 9.00. The Bertz CT molecular complexity index is 104. The van der Waals surface area contributed by atoms with E-state index in [1.807, 2.05) is 27.9 Å². The summed E-state index contributed by atoms with van der Waals surface area (Å²) in [4.78, 5) is 2.14. The van der Waals surface area contributed by atoms with Crippen molar-refractivity contribution in [3.8, 4) is 0 Å². The zero-order valence-electron chi connectivity index (χ0n) is 8.02. The summed E-state index contributed by atoms with van der Waals surface area (Å²) in [6.07, 6.45) is 0. The van der Waals surface area contributed by atoms with Crippen LogP contribution in [0, 0.1) is 0 Å². The highest BCUT2D eigenvalue weighted by atomic mass is 16.3. The van der Waals surface area contributed by atoms with Gasteiger partial charge in [-0.1, -0.05) is 0 Å². The SMILES string of the molecule is CNCCN(C)C(C)(C)CO. The Kier molecular flexibility index (Phi) is 4.65. The van der Waals surface area contributed by atoms with Gasteiger partial charge >= 0.3 is 0 Å². The molecule has 0 fully saturated rings. The van der Waals surface area contributed by atoms with Crippen LogP contribution in [0.25, 0.3) is 0 Å². The minimum atomic E-state index is -0.100. The first-order chi connectivity index (χ1) is 5.04. The standard InChI is InChI=1S/C8H20N2O/c1-8(2,7-11)10(4)6-5-9-3/h9,11H,5-7H2,1-4H3. The van der Waals surface area contributed by atoms with Crippen LogP contribution in [0.3, 0.4) is 0 Å². The fraction of sp³-hybridized carbons (Fsp3) is 1.00. The molecule has 0 heterocycles. The largest absolute Gasteiger partial charge is 0.394 e. The zero-order valence-corrected chi connectivity index (χ0v) is 8.02. The molecule has 0 atom stereocenters. The normalized spacial score (nSPS) is 12.5. The Balaban J connectivity index is 3.71. The third kappa shape index (κ3) is 3.70. The summed E-state index contributed by atoms with van der Waals surface area (Å²) in [6.45, 7) is 6.18. The molecule has 0 aliphatic carbocycles. The molecule has 0 bridgehead atoms. The molecule has 0 aliphatic heterocycles. The Morgan fingerprint density at radius 3 is 2.36 bits per heavy atom. The molecule has 0 radical (unpaired) electrons. The van der Waals surface area contributed by atoms with Crippen LogP contribution in [-0.2, 0) is 0 Å². The molecule has 0 saturated carbocycles. The van der Waals surface area contributed by atoms with Gasteiger partial charge < -0.3 is 10.4 Å². The van der Waals surface area contributed by atoms with E-state index in [1.165, 1.54) is 0 Å². The van der Waals surface area contributed by atoms with Gasteiger partial charge in [-0.25, -0.2) is 0 Å². The van der Waals surface area contributed by atoms with Gasteiger partial charge in [0.2, 0.25) is 0 Å². The van der Waals surface area contributed by atoms with E-state index in [4.69, 9.17) is 5.11 Å².